The first kappa shape index (κ1) is 29.6. The molecule has 1 aliphatic heterocycles. The standard InChI is InChI=1S/C32H38ClFN4O2/c1-22(2)20-38(32(40)28-10-5-6-11-29(28)33)21-24-19-26(35-31(39)23-8-7-9-25(34)18-23)12-13-30(24)37(4)27-14-16-36(3)17-15-27/h5-13,18-19,22,27H,14-17,20-21H2,1-4H3,(H,35,39). The lowest BCUT2D eigenvalue weighted by molar-refractivity contribution is 0.0722. The fourth-order valence-electron chi connectivity index (χ4n) is 5.22. The number of hydrogen-bond acceptors (Lipinski definition) is 4. The summed E-state index contributed by atoms with van der Waals surface area (Å²) in [6.45, 7) is 7.09. The van der Waals surface area contributed by atoms with Crippen molar-refractivity contribution in [1.82, 2.24) is 9.80 Å². The molecular formula is C32H38ClFN4O2. The summed E-state index contributed by atoms with van der Waals surface area (Å²) in [6.07, 6.45) is 2.08. The molecule has 1 aliphatic rings. The molecule has 0 aliphatic carbocycles. The van der Waals surface area contributed by atoms with Crippen LogP contribution >= 0.6 is 11.6 Å². The Hall–Kier alpha value is -3.42. The van der Waals surface area contributed by atoms with Crippen molar-refractivity contribution in [3.63, 3.8) is 0 Å². The van der Waals surface area contributed by atoms with Gasteiger partial charge in [-0.05, 0) is 93.0 Å². The fraction of sp³-hybridized carbons (Fsp3) is 0.375. The lowest BCUT2D eigenvalue weighted by Gasteiger charge is -2.38. The highest BCUT2D eigenvalue weighted by Crippen LogP contribution is 2.30. The number of anilines is 2. The van der Waals surface area contributed by atoms with Crippen molar-refractivity contribution in [3.05, 3.63) is 94.3 Å². The van der Waals surface area contributed by atoms with Gasteiger partial charge in [0.2, 0.25) is 0 Å². The van der Waals surface area contributed by atoms with Crippen LogP contribution in [0.1, 0.15) is 53.0 Å². The van der Waals surface area contributed by atoms with Crippen molar-refractivity contribution >= 4 is 34.8 Å². The van der Waals surface area contributed by atoms with Gasteiger partial charge in [0.15, 0.2) is 0 Å². The highest BCUT2D eigenvalue weighted by molar-refractivity contribution is 6.33. The number of hydrogen-bond donors (Lipinski definition) is 1. The van der Waals surface area contributed by atoms with Gasteiger partial charge in [0.25, 0.3) is 11.8 Å². The Balaban J connectivity index is 1.68. The number of rotatable bonds is 9. The van der Waals surface area contributed by atoms with Crippen LogP contribution in [-0.4, -0.2) is 61.4 Å². The summed E-state index contributed by atoms with van der Waals surface area (Å²) in [5.74, 6) is -0.766. The molecule has 0 radical (unpaired) electrons. The molecule has 6 nitrogen and oxygen atoms in total. The first-order valence-corrected chi connectivity index (χ1v) is 14.1. The minimum Gasteiger partial charge on any atom is -0.371 e. The van der Waals surface area contributed by atoms with Gasteiger partial charge in [-0.25, -0.2) is 4.39 Å². The molecule has 3 aromatic carbocycles. The van der Waals surface area contributed by atoms with Crippen LogP contribution in [0.25, 0.3) is 0 Å². The molecule has 8 heteroatoms. The van der Waals surface area contributed by atoms with Gasteiger partial charge in [0, 0.05) is 43.1 Å². The molecule has 0 saturated carbocycles. The maximum Gasteiger partial charge on any atom is 0.255 e. The van der Waals surface area contributed by atoms with E-state index < -0.39 is 11.7 Å². The predicted octanol–water partition coefficient (Wildman–Crippen LogP) is 6.56. The minimum atomic E-state index is -0.467. The van der Waals surface area contributed by atoms with Crippen LogP contribution in [0.15, 0.2) is 66.7 Å². The minimum absolute atomic E-state index is 0.138. The van der Waals surface area contributed by atoms with Gasteiger partial charge in [0.1, 0.15) is 5.82 Å². The van der Waals surface area contributed by atoms with Gasteiger partial charge in [0.05, 0.1) is 10.6 Å². The molecule has 4 rings (SSSR count). The molecule has 0 unspecified atom stereocenters. The molecular weight excluding hydrogens is 527 g/mol. The van der Waals surface area contributed by atoms with Crippen molar-refractivity contribution in [2.45, 2.75) is 39.3 Å². The zero-order valence-electron chi connectivity index (χ0n) is 23.7. The predicted molar refractivity (Wildman–Crippen MR) is 161 cm³/mol. The molecule has 0 spiro atoms. The molecule has 0 aromatic heterocycles. The van der Waals surface area contributed by atoms with Crippen LogP contribution in [0, 0.1) is 11.7 Å². The van der Waals surface area contributed by atoms with E-state index in [1.54, 1.807) is 18.2 Å². The summed E-state index contributed by atoms with van der Waals surface area (Å²) in [5.41, 5.74) is 3.22. The molecule has 3 aromatic rings. The Bertz CT molecular complexity index is 1340. The number of likely N-dealkylation sites (tertiary alicyclic amines) is 1. The Morgan fingerprint density at radius 3 is 2.45 bits per heavy atom. The molecule has 212 valence electrons. The Morgan fingerprint density at radius 2 is 1.77 bits per heavy atom. The molecule has 2 amide bonds. The van der Waals surface area contributed by atoms with E-state index in [1.165, 1.54) is 18.2 Å². The van der Waals surface area contributed by atoms with Gasteiger partial charge in [-0.2, -0.15) is 0 Å². The lowest BCUT2D eigenvalue weighted by Crippen LogP contribution is -2.42. The van der Waals surface area contributed by atoms with Crippen molar-refractivity contribution < 1.29 is 14.0 Å². The second-order valence-electron chi connectivity index (χ2n) is 11.0. The third kappa shape index (κ3) is 7.40. The molecule has 0 bridgehead atoms. The zero-order valence-corrected chi connectivity index (χ0v) is 24.4. The SMILES string of the molecule is CC(C)CN(Cc1cc(NC(=O)c2cccc(F)c2)ccc1N(C)C1CCN(C)CC1)C(=O)c1ccccc1Cl. The van der Waals surface area contributed by atoms with E-state index in [4.69, 9.17) is 11.6 Å². The van der Waals surface area contributed by atoms with Crippen LogP contribution in [0.5, 0.6) is 0 Å². The van der Waals surface area contributed by atoms with Gasteiger partial charge in [-0.3, -0.25) is 9.59 Å². The number of nitrogens with one attached hydrogen (secondary N) is 1. The number of halogens is 2. The second kappa shape index (κ2) is 13.3. The number of benzene rings is 3. The van der Waals surface area contributed by atoms with Gasteiger partial charge in [-0.15, -0.1) is 0 Å². The maximum atomic E-state index is 13.7. The molecule has 40 heavy (non-hydrogen) atoms. The van der Waals surface area contributed by atoms with Crippen molar-refractivity contribution in [1.29, 1.82) is 0 Å². The van der Waals surface area contributed by atoms with Crippen LogP contribution in [0.3, 0.4) is 0 Å². The molecule has 0 atom stereocenters. The molecule has 1 heterocycles. The van der Waals surface area contributed by atoms with Gasteiger partial charge < -0.3 is 20.0 Å². The lowest BCUT2D eigenvalue weighted by atomic mass is 10.0. The summed E-state index contributed by atoms with van der Waals surface area (Å²) in [7, 11) is 4.24. The average molecular weight is 565 g/mol. The zero-order chi connectivity index (χ0) is 28.8. The summed E-state index contributed by atoms with van der Waals surface area (Å²) in [4.78, 5) is 33.1. The van der Waals surface area contributed by atoms with Crippen molar-refractivity contribution in [3.8, 4) is 0 Å². The van der Waals surface area contributed by atoms with Crippen molar-refractivity contribution in [2.24, 2.45) is 5.92 Å². The second-order valence-corrected chi connectivity index (χ2v) is 11.4. The van der Waals surface area contributed by atoms with E-state index in [2.05, 4.69) is 43.1 Å². The largest absolute Gasteiger partial charge is 0.371 e. The summed E-state index contributed by atoms with van der Waals surface area (Å²) < 4.78 is 13.7. The van der Waals surface area contributed by atoms with Gasteiger partial charge >= 0.3 is 0 Å². The van der Waals surface area contributed by atoms with E-state index in [-0.39, 0.29) is 17.4 Å². The Kier molecular flexibility index (Phi) is 9.82. The maximum absolute atomic E-state index is 13.7. The van der Waals surface area contributed by atoms with Crippen LogP contribution < -0.4 is 10.2 Å². The highest BCUT2D eigenvalue weighted by atomic mass is 35.5. The van der Waals surface area contributed by atoms with E-state index in [0.717, 1.165) is 37.2 Å². The van der Waals surface area contributed by atoms with Gasteiger partial charge in [-0.1, -0.05) is 43.6 Å². The molecule has 1 fully saturated rings. The third-order valence-electron chi connectivity index (χ3n) is 7.38. The van der Waals surface area contributed by atoms with Crippen molar-refractivity contribution in [2.75, 3.05) is 43.9 Å². The van der Waals surface area contributed by atoms with E-state index in [9.17, 15) is 14.0 Å². The number of piperidine rings is 1. The number of nitrogens with zero attached hydrogens (tertiary/aromatic N) is 3. The van der Waals surface area contributed by atoms with E-state index in [1.807, 2.05) is 35.2 Å². The fourth-order valence-corrected chi connectivity index (χ4v) is 5.43. The number of carbonyl (C=O) groups is 2. The Labute approximate surface area is 241 Å². The summed E-state index contributed by atoms with van der Waals surface area (Å²) in [6, 6.07) is 18.9. The summed E-state index contributed by atoms with van der Waals surface area (Å²) in [5, 5.41) is 3.32. The molecule has 1 N–H and O–H groups in total. The number of amides is 2. The van der Waals surface area contributed by atoms with E-state index in [0.29, 0.717) is 35.4 Å². The average Bonchev–Trinajstić information content (AvgIpc) is 2.92. The third-order valence-corrected chi connectivity index (χ3v) is 7.71. The smallest absolute Gasteiger partial charge is 0.255 e. The topological polar surface area (TPSA) is 55.9 Å². The monoisotopic (exact) mass is 564 g/mol. The normalized spacial score (nSPS) is 14.3. The highest BCUT2D eigenvalue weighted by Gasteiger charge is 2.25. The van der Waals surface area contributed by atoms with E-state index >= 15 is 0 Å². The number of carbonyl (C=O) groups excluding carboxylic acids is 2. The Morgan fingerprint density at radius 1 is 1.05 bits per heavy atom. The quantitative estimate of drug-likeness (QED) is 0.320. The first-order chi connectivity index (χ1) is 19.1. The summed E-state index contributed by atoms with van der Waals surface area (Å²) >= 11 is 6.42. The van der Waals surface area contributed by atoms with Crippen LogP contribution in [0.4, 0.5) is 15.8 Å². The molecule has 1 saturated heterocycles. The first-order valence-electron chi connectivity index (χ1n) is 13.8. The van der Waals surface area contributed by atoms with Crippen LogP contribution in [-0.2, 0) is 6.54 Å². The van der Waals surface area contributed by atoms with Crippen LogP contribution in [0.2, 0.25) is 5.02 Å².